The van der Waals surface area contributed by atoms with Gasteiger partial charge >= 0.3 is 5.97 Å². The fourth-order valence-corrected chi connectivity index (χ4v) is 3.31. The molecule has 0 unspecified atom stereocenters. The van der Waals surface area contributed by atoms with E-state index in [9.17, 15) is 9.59 Å². The van der Waals surface area contributed by atoms with Crippen molar-refractivity contribution in [3.05, 3.63) is 17.7 Å². The van der Waals surface area contributed by atoms with Crippen molar-refractivity contribution in [1.29, 1.82) is 0 Å². The Morgan fingerprint density at radius 1 is 1.04 bits per heavy atom. The third-order valence-electron chi connectivity index (χ3n) is 4.99. The summed E-state index contributed by atoms with van der Waals surface area (Å²) in [5.74, 6) is 0.589. The molecular weight excluding hydrogens is 350 g/mol. The van der Waals surface area contributed by atoms with E-state index >= 15 is 0 Å². The Labute approximate surface area is 160 Å². The molecule has 1 aromatic carbocycles. The maximum atomic E-state index is 12.5. The minimum absolute atomic E-state index is 0.133. The zero-order valence-corrected chi connectivity index (χ0v) is 16.7. The van der Waals surface area contributed by atoms with Crippen LogP contribution in [0.1, 0.15) is 49.9 Å². The molecule has 1 N–H and O–H groups in total. The lowest BCUT2D eigenvalue weighted by Crippen LogP contribution is -2.45. The Balaban J connectivity index is 2.06. The van der Waals surface area contributed by atoms with Crippen LogP contribution >= 0.6 is 0 Å². The molecule has 0 radical (unpaired) electrons. The standard InChI is InChI=1S/C20H29NO6/c1-12-8-6-7-9-15(12)21-19(22)13(2)27-20(23)14-10-16(24-3)18(26-5)17(11-14)25-4/h10-13,15H,6-9H2,1-5H3,(H,21,22)/t12-,13-,15+/m1/s1. The molecule has 0 bridgehead atoms. The Morgan fingerprint density at radius 2 is 1.63 bits per heavy atom. The number of carbonyl (C=O) groups excluding carboxylic acids is 2. The van der Waals surface area contributed by atoms with Gasteiger partial charge in [-0.15, -0.1) is 0 Å². The molecule has 0 aromatic heterocycles. The lowest BCUT2D eigenvalue weighted by Gasteiger charge is -2.30. The van der Waals surface area contributed by atoms with Gasteiger partial charge in [0.2, 0.25) is 5.75 Å². The predicted molar refractivity (Wildman–Crippen MR) is 101 cm³/mol. The van der Waals surface area contributed by atoms with Crippen LogP contribution in [0.4, 0.5) is 0 Å². The zero-order chi connectivity index (χ0) is 20.0. The largest absolute Gasteiger partial charge is 0.493 e. The predicted octanol–water partition coefficient (Wildman–Crippen LogP) is 2.95. The number of amides is 1. The fraction of sp³-hybridized carbons (Fsp3) is 0.600. The van der Waals surface area contributed by atoms with Crippen LogP contribution in [-0.4, -0.2) is 45.4 Å². The Bertz CT molecular complexity index is 649. The smallest absolute Gasteiger partial charge is 0.339 e. The number of methoxy groups -OCH3 is 3. The van der Waals surface area contributed by atoms with Gasteiger partial charge in [0.05, 0.1) is 26.9 Å². The van der Waals surface area contributed by atoms with E-state index in [-0.39, 0.29) is 17.5 Å². The van der Waals surface area contributed by atoms with Crippen LogP contribution in [0, 0.1) is 5.92 Å². The van der Waals surface area contributed by atoms with E-state index in [4.69, 9.17) is 18.9 Å². The highest BCUT2D eigenvalue weighted by atomic mass is 16.5. The first-order valence-corrected chi connectivity index (χ1v) is 9.22. The second-order valence-corrected chi connectivity index (χ2v) is 6.84. The van der Waals surface area contributed by atoms with Crippen molar-refractivity contribution in [1.82, 2.24) is 5.32 Å². The van der Waals surface area contributed by atoms with Crippen LogP contribution in [0.2, 0.25) is 0 Å². The van der Waals surface area contributed by atoms with E-state index in [0.717, 1.165) is 19.3 Å². The van der Waals surface area contributed by atoms with Gasteiger partial charge in [0.1, 0.15) is 0 Å². The molecule has 1 saturated carbocycles. The van der Waals surface area contributed by atoms with Gasteiger partial charge in [0.15, 0.2) is 17.6 Å². The van der Waals surface area contributed by atoms with Crippen molar-refractivity contribution in [3.63, 3.8) is 0 Å². The normalized spacial score (nSPS) is 20.3. The van der Waals surface area contributed by atoms with Gasteiger partial charge in [-0.2, -0.15) is 0 Å². The summed E-state index contributed by atoms with van der Waals surface area (Å²) >= 11 is 0. The van der Waals surface area contributed by atoms with Crippen LogP contribution in [-0.2, 0) is 9.53 Å². The molecular formula is C20H29NO6. The minimum atomic E-state index is -0.897. The number of hydrogen-bond donors (Lipinski definition) is 1. The minimum Gasteiger partial charge on any atom is -0.493 e. The summed E-state index contributed by atoms with van der Waals surface area (Å²) in [5.41, 5.74) is 0.218. The van der Waals surface area contributed by atoms with Gasteiger partial charge in [0.25, 0.3) is 5.91 Å². The van der Waals surface area contributed by atoms with Gasteiger partial charge in [-0.25, -0.2) is 4.79 Å². The molecule has 0 aliphatic heterocycles. The van der Waals surface area contributed by atoms with E-state index in [1.807, 2.05) is 0 Å². The Hall–Kier alpha value is -2.44. The molecule has 150 valence electrons. The number of benzene rings is 1. The SMILES string of the molecule is COc1cc(C(=O)O[C@H](C)C(=O)N[C@H]2CCCC[C@H]2C)cc(OC)c1OC. The summed E-state index contributed by atoms with van der Waals surface area (Å²) in [4.78, 5) is 24.9. The number of esters is 1. The molecule has 1 aliphatic carbocycles. The van der Waals surface area contributed by atoms with Crippen LogP contribution in [0.5, 0.6) is 17.2 Å². The molecule has 7 heteroatoms. The van der Waals surface area contributed by atoms with Gasteiger partial charge in [-0.3, -0.25) is 4.79 Å². The highest BCUT2D eigenvalue weighted by molar-refractivity contribution is 5.93. The number of rotatable bonds is 7. The second kappa shape index (κ2) is 9.48. The zero-order valence-electron chi connectivity index (χ0n) is 16.7. The molecule has 7 nitrogen and oxygen atoms in total. The summed E-state index contributed by atoms with van der Waals surface area (Å²) in [6.45, 7) is 3.70. The van der Waals surface area contributed by atoms with Crippen molar-refractivity contribution < 1.29 is 28.5 Å². The van der Waals surface area contributed by atoms with E-state index < -0.39 is 12.1 Å². The maximum Gasteiger partial charge on any atom is 0.339 e. The average molecular weight is 379 g/mol. The monoisotopic (exact) mass is 379 g/mol. The number of ether oxygens (including phenoxy) is 4. The summed E-state index contributed by atoms with van der Waals surface area (Å²) in [6, 6.07) is 3.13. The third-order valence-corrected chi connectivity index (χ3v) is 4.99. The molecule has 0 spiro atoms. The highest BCUT2D eigenvalue weighted by Gasteiger charge is 2.27. The summed E-state index contributed by atoms with van der Waals surface area (Å²) in [5, 5.41) is 3.00. The summed E-state index contributed by atoms with van der Waals surface area (Å²) in [6.07, 6.45) is 3.46. The van der Waals surface area contributed by atoms with E-state index in [0.29, 0.717) is 23.2 Å². The molecule has 27 heavy (non-hydrogen) atoms. The van der Waals surface area contributed by atoms with Crippen LogP contribution in [0.25, 0.3) is 0 Å². The van der Waals surface area contributed by atoms with Crippen LogP contribution in [0.15, 0.2) is 12.1 Å². The van der Waals surface area contributed by atoms with Crippen molar-refractivity contribution in [3.8, 4) is 17.2 Å². The van der Waals surface area contributed by atoms with E-state index in [2.05, 4.69) is 12.2 Å². The van der Waals surface area contributed by atoms with E-state index in [1.54, 1.807) is 6.92 Å². The maximum absolute atomic E-state index is 12.5. The summed E-state index contributed by atoms with van der Waals surface area (Å²) in [7, 11) is 4.42. The number of nitrogens with one attached hydrogen (secondary N) is 1. The van der Waals surface area contributed by atoms with Gasteiger partial charge in [-0.05, 0) is 37.8 Å². The fourth-order valence-electron chi connectivity index (χ4n) is 3.31. The van der Waals surface area contributed by atoms with Crippen LogP contribution < -0.4 is 19.5 Å². The van der Waals surface area contributed by atoms with Gasteiger partial charge in [0, 0.05) is 6.04 Å². The van der Waals surface area contributed by atoms with E-state index in [1.165, 1.54) is 39.9 Å². The molecule has 2 rings (SSSR count). The lowest BCUT2D eigenvalue weighted by atomic mass is 9.86. The van der Waals surface area contributed by atoms with Crippen molar-refractivity contribution in [2.75, 3.05) is 21.3 Å². The Kier molecular flexibility index (Phi) is 7.33. The molecule has 1 amide bonds. The lowest BCUT2D eigenvalue weighted by molar-refractivity contribution is -0.130. The molecule has 0 heterocycles. The highest BCUT2D eigenvalue weighted by Crippen LogP contribution is 2.38. The third kappa shape index (κ3) is 5.05. The Morgan fingerprint density at radius 3 is 2.15 bits per heavy atom. The van der Waals surface area contributed by atoms with Crippen molar-refractivity contribution in [2.24, 2.45) is 5.92 Å². The molecule has 1 fully saturated rings. The van der Waals surface area contributed by atoms with Crippen LogP contribution in [0.3, 0.4) is 0 Å². The molecule has 3 atom stereocenters. The first-order valence-electron chi connectivity index (χ1n) is 9.22. The quantitative estimate of drug-likeness (QED) is 0.734. The van der Waals surface area contributed by atoms with Crippen molar-refractivity contribution >= 4 is 11.9 Å². The molecule has 1 aliphatic rings. The molecule has 0 saturated heterocycles. The first-order chi connectivity index (χ1) is 12.9. The van der Waals surface area contributed by atoms with Gasteiger partial charge in [-0.1, -0.05) is 19.8 Å². The van der Waals surface area contributed by atoms with Gasteiger partial charge < -0.3 is 24.3 Å². The number of carbonyl (C=O) groups is 2. The topological polar surface area (TPSA) is 83.1 Å². The number of hydrogen-bond acceptors (Lipinski definition) is 6. The first kappa shape index (κ1) is 20.9. The van der Waals surface area contributed by atoms with Crippen molar-refractivity contribution in [2.45, 2.75) is 51.7 Å². The summed E-state index contributed by atoms with van der Waals surface area (Å²) < 4.78 is 21.1. The average Bonchev–Trinajstić information content (AvgIpc) is 2.68. The molecule has 1 aromatic rings. The second-order valence-electron chi connectivity index (χ2n) is 6.84.